The minimum Gasteiger partial charge on any atom is -0.354 e. The summed E-state index contributed by atoms with van der Waals surface area (Å²) in [5.41, 5.74) is 2.39. The first kappa shape index (κ1) is 24.4. The van der Waals surface area contributed by atoms with E-state index in [0.717, 1.165) is 24.1 Å². The third kappa shape index (κ3) is 5.74. The van der Waals surface area contributed by atoms with Crippen LogP contribution < -0.4 is 5.32 Å². The molecule has 1 amide bonds. The number of hydrogen-bond donors (Lipinski definition) is 1. The number of hydrogen-bond acceptors (Lipinski definition) is 4. The molecule has 0 spiro atoms. The van der Waals surface area contributed by atoms with Gasteiger partial charge in [-0.25, -0.2) is 12.8 Å². The highest BCUT2D eigenvalue weighted by Gasteiger charge is 2.33. The Labute approximate surface area is 190 Å². The molecule has 2 atom stereocenters. The van der Waals surface area contributed by atoms with Gasteiger partial charge in [0, 0.05) is 19.6 Å². The lowest BCUT2D eigenvalue weighted by atomic mass is 9.98. The third-order valence-corrected chi connectivity index (χ3v) is 7.95. The molecular formula is C24H32FN3O3S. The molecule has 0 aromatic heterocycles. The highest BCUT2D eigenvalue weighted by molar-refractivity contribution is 7.89. The van der Waals surface area contributed by atoms with Gasteiger partial charge in [-0.15, -0.1) is 0 Å². The lowest BCUT2D eigenvalue weighted by molar-refractivity contribution is -0.126. The number of rotatable bonds is 8. The van der Waals surface area contributed by atoms with Gasteiger partial charge in [0.25, 0.3) is 0 Å². The lowest BCUT2D eigenvalue weighted by Crippen LogP contribution is -2.46. The predicted molar refractivity (Wildman–Crippen MR) is 123 cm³/mol. The Morgan fingerprint density at radius 1 is 1.16 bits per heavy atom. The van der Waals surface area contributed by atoms with E-state index in [1.807, 2.05) is 14.1 Å². The fraction of sp³-hybridized carbons (Fsp3) is 0.458. The van der Waals surface area contributed by atoms with Crippen LogP contribution in [0.5, 0.6) is 0 Å². The third-order valence-electron chi connectivity index (χ3n) is 6.07. The summed E-state index contributed by atoms with van der Waals surface area (Å²) in [5.74, 6) is -1.04. The summed E-state index contributed by atoms with van der Waals surface area (Å²) in [6.45, 7) is 3.04. The second-order valence-corrected chi connectivity index (χ2v) is 10.4. The zero-order valence-corrected chi connectivity index (χ0v) is 19.7. The molecule has 0 unspecified atom stereocenters. The number of sulfonamides is 1. The number of benzene rings is 2. The molecule has 1 aliphatic heterocycles. The number of nitrogens with one attached hydrogen (secondary N) is 1. The molecule has 2 aromatic rings. The Balaban J connectivity index is 1.64. The molecule has 0 aliphatic carbocycles. The second-order valence-electron chi connectivity index (χ2n) is 8.48. The van der Waals surface area contributed by atoms with Crippen molar-refractivity contribution in [1.82, 2.24) is 14.5 Å². The average Bonchev–Trinajstić information content (AvgIpc) is 2.79. The molecule has 0 saturated carbocycles. The normalized spacial score (nSPS) is 18.5. The van der Waals surface area contributed by atoms with Crippen LogP contribution in [0.4, 0.5) is 4.39 Å². The Hall–Kier alpha value is -2.29. The van der Waals surface area contributed by atoms with Crippen molar-refractivity contribution in [2.75, 3.05) is 33.7 Å². The molecule has 1 saturated heterocycles. The molecule has 1 aliphatic rings. The molecule has 1 fully saturated rings. The Kier molecular flexibility index (Phi) is 8.03. The van der Waals surface area contributed by atoms with Crippen molar-refractivity contribution in [3.05, 3.63) is 65.5 Å². The maximum atomic E-state index is 13.2. The first-order chi connectivity index (χ1) is 15.2. The summed E-state index contributed by atoms with van der Waals surface area (Å²) >= 11 is 0. The minimum absolute atomic E-state index is 0.0208. The van der Waals surface area contributed by atoms with Crippen molar-refractivity contribution in [2.24, 2.45) is 5.92 Å². The molecule has 2 aromatic carbocycles. The first-order valence-corrected chi connectivity index (χ1v) is 12.4. The van der Waals surface area contributed by atoms with E-state index in [1.165, 1.54) is 22.0 Å². The van der Waals surface area contributed by atoms with E-state index in [9.17, 15) is 17.6 Å². The average molecular weight is 462 g/mol. The summed E-state index contributed by atoms with van der Waals surface area (Å²) in [5, 5.41) is 3.03. The van der Waals surface area contributed by atoms with Crippen molar-refractivity contribution < 1.29 is 17.6 Å². The van der Waals surface area contributed by atoms with Crippen LogP contribution in [0, 0.1) is 11.7 Å². The van der Waals surface area contributed by atoms with Gasteiger partial charge in [0.2, 0.25) is 15.9 Å². The van der Waals surface area contributed by atoms with E-state index in [4.69, 9.17) is 0 Å². The fourth-order valence-electron chi connectivity index (χ4n) is 4.05. The van der Waals surface area contributed by atoms with Crippen LogP contribution in [0.15, 0.2) is 53.4 Å². The molecule has 0 bridgehead atoms. The zero-order chi connectivity index (χ0) is 23.3. The molecule has 6 nitrogen and oxygen atoms in total. The first-order valence-electron chi connectivity index (χ1n) is 11.0. The van der Waals surface area contributed by atoms with Crippen LogP contribution in [0.25, 0.3) is 0 Å². The zero-order valence-electron chi connectivity index (χ0n) is 18.9. The molecular weight excluding hydrogens is 429 g/mol. The minimum atomic E-state index is -3.76. The molecule has 8 heteroatoms. The van der Waals surface area contributed by atoms with Gasteiger partial charge >= 0.3 is 0 Å². The fourth-order valence-corrected chi connectivity index (χ4v) is 5.57. The molecule has 174 valence electrons. The SMILES string of the molecule is CCc1ccc([C@H](CNC(=O)[C@@H]2CCCN(S(=O)(=O)c3ccc(F)cc3)C2)N(C)C)cc1. The van der Waals surface area contributed by atoms with Gasteiger partial charge in [-0.3, -0.25) is 4.79 Å². The summed E-state index contributed by atoms with van der Waals surface area (Å²) in [6, 6.07) is 13.2. The molecule has 3 rings (SSSR count). The maximum absolute atomic E-state index is 13.2. The monoisotopic (exact) mass is 461 g/mol. The topological polar surface area (TPSA) is 69.7 Å². The van der Waals surface area contributed by atoms with E-state index < -0.39 is 21.8 Å². The Morgan fingerprint density at radius 3 is 2.41 bits per heavy atom. The Morgan fingerprint density at radius 2 is 1.81 bits per heavy atom. The number of nitrogens with zero attached hydrogens (tertiary/aromatic N) is 2. The maximum Gasteiger partial charge on any atom is 0.243 e. The quantitative estimate of drug-likeness (QED) is 0.656. The van der Waals surface area contributed by atoms with Crippen molar-refractivity contribution in [3.63, 3.8) is 0 Å². The number of halogens is 1. The van der Waals surface area contributed by atoms with Gasteiger partial charge in [0.1, 0.15) is 5.82 Å². The van der Waals surface area contributed by atoms with Gasteiger partial charge in [-0.1, -0.05) is 31.2 Å². The van der Waals surface area contributed by atoms with Crippen molar-refractivity contribution in [3.8, 4) is 0 Å². The summed E-state index contributed by atoms with van der Waals surface area (Å²) in [7, 11) is 0.188. The number of likely N-dealkylation sites (N-methyl/N-ethyl adjacent to an activating group) is 1. The highest BCUT2D eigenvalue weighted by atomic mass is 32.2. The van der Waals surface area contributed by atoms with E-state index in [2.05, 4.69) is 41.4 Å². The number of carbonyl (C=O) groups excluding carboxylic acids is 1. The van der Waals surface area contributed by atoms with Crippen LogP contribution in [-0.2, 0) is 21.2 Å². The van der Waals surface area contributed by atoms with E-state index in [0.29, 0.717) is 25.9 Å². The van der Waals surface area contributed by atoms with Crippen molar-refractivity contribution >= 4 is 15.9 Å². The number of piperidine rings is 1. The number of amides is 1. The van der Waals surface area contributed by atoms with Crippen LogP contribution >= 0.6 is 0 Å². The van der Waals surface area contributed by atoms with E-state index in [1.54, 1.807) is 0 Å². The van der Waals surface area contributed by atoms with Crippen LogP contribution in [0.1, 0.15) is 36.9 Å². The van der Waals surface area contributed by atoms with Gasteiger partial charge in [-0.2, -0.15) is 4.31 Å². The Bertz CT molecular complexity index is 1010. The molecule has 32 heavy (non-hydrogen) atoms. The predicted octanol–water partition coefficient (Wildman–Crippen LogP) is 3.21. The summed E-state index contributed by atoms with van der Waals surface area (Å²) in [4.78, 5) is 15.0. The lowest BCUT2D eigenvalue weighted by Gasteiger charge is -2.32. The number of aryl methyl sites for hydroxylation is 1. The van der Waals surface area contributed by atoms with Crippen molar-refractivity contribution in [2.45, 2.75) is 37.1 Å². The number of carbonyl (C=O) groups is 1. The van der Waals surface area contributed by atoms with Crippen LogP contribution in [0.2, 0.25) is 0 Å². The van der Waals surface area contributed by atoms with E-state index in [-0.39, 0.29) is 23.4 Å². The van der Waals surface area contributed by atoms with Gasteiger partial charge in [0.05, 0.1) is 16.9 Å². The summed E-state index contributed by atoms with van der Waals surface area (Å²) in [6.07, 6.45) is 2.22. The standard InChI is InChI=1S/C24H32FN3O3S/c1-4-18-7-9-19(10-8-18)23(27(2)3)16-26-24(29)20-6-5-15-28(17-20)32(30,31)22-13-11-21(25)12-14-22/h7-14,20,23H,4-6,15-17H2,1-3H3,(H,26,29)/t20-,23+/m1/s1. The van der Waals surface area contributed by atoms with Crippen LogP contribution in [0.3, 0.4) is 0 Å². The molecule has 1 N–H and O–H groups in total. The summed E-state index contributed by atoms with van der Waals surface area (Å²) < 4.78 is 40.4. The van der Waals surface area contributed by atoms with Crippen molar-refractivity contribution in [1.29, 1.82) is 0 Å². The smallest absolute Gasteiger partial charge is 0.243 e. The molecule has 1 heterocycles. The van der Waals surface area contributed by atoms with Crippen LogP contribution in [-0.4, -0.2) is 57.3 Å². The van der Waals surface area contributed by atoms with Gasteiger partial charge in [0.15, 0.2) is 0 Å². The largest absolute Gasteiger partial charge is 0.354 e. The molecule has 0 radical (unpaired) electrons. The second kappa shape index (κ2) is 10.6. The van der Waals surface area contributed by atoms with E-state index >= 15 is 0 Å². The highest BCUT2D eigenvalue weighted by Crippen LogP contribution is 2.25. The van der Waals surface area contributed by atoms with Gasteiger partial charge < -0.3 is 10.2 Å². The van der Waals surface area contributed by atoms with Gasteiger partial charge in [-0.05, 0) is 68.8 Å².